The number of nitro benzene ring substituents is 1. The zero-order chi connectivity index (χ0) is 26.9. The molecular formula is C31H30N4O4. The summed E-state index contributed by atoms with van der Waals surface area (Å²) in [6.07, 6.45) is 1.63. The van der Waals surface area contributed by atoms with E-state index in [-0.39, 0.29) is 23.1 Å². The molecule has 0 aromatic heterocycles. The highest BCUT2D eigenvalue weighted by atomic mass is 16.6. The molecule has 4 aromatic carbocycles. The van der Waals surface area contributed by atoms with Crippen LogP contribution in [0, 0.1) is 10.1 Å². The van der Waals surface area contributed by atoms with Gasteiger partial charge in [0.1, 0.15) is 5.56 Å². The highest BCUT2D eigenvalue weighted by Crippen LogP contribution is 2.30. The predicted octanol–water partition coefficient (Wildman–Crippen LogP) is 4.96. The minimum Gasteiger partial charge on any atom is -0.338 e. The van der Waals surface area contributed by atoms with Crippen LogP contribution in [0.1, 0.15) is 33.6 Å². The van der Waals surface area contributed by atoms with Gasteiger partial charge in [0.25, 0.3) is 17.5 Å². The monoisotopic (exact) mass is 522 g/mol. The molecule has 2 fully saturated rings. The molecule has 8 nitrogen and oxygen atoms in total. The highest BCUT2D eigenvalue weighted by molar-refractivity contribution is 6.18. The van der Waals surface area contributed by atoms with Gasteiger partial charge in [-0.2, -0.15) is 0 Å². The van der Waals surface area contributed by atoms with Crippen molar-refractivity contribution in [2.75, 3.05) is 39.3 Å². The first-order chi connectivity index (χ1) is 19.0. The van der Waals surface area contributed by atoms with E-state index in [0.717, 1.165) is 53.0 Å². The first-order valence-electron chi connectivity index (χ1n) is 13.5. The number of piperidine rings is 1. The molecule has 0 unspecified atom stereocenters. The van der Waals surface area contributed by atoms with Crippen LogP contribution in [0.5, 0.6) is 0 Å². The number of amides is 2. The van der Waals surface area contributed by atoms with E-state index >= 15 is 0 Å². The molecule has 4 aromatic rings. The third-order valence-corrected chi connectivity index (χ3v) is 8.19. The summed E-state index contributed by atoms with van der Waals surface area (Å²) in [5.41, 5.74) is 0.775. The maximum Gasteiger partial charge on any atom is 0.282 e. The SMILES string of the molecule is O=C(c1ccccc1[N+](=O)[O-])N1CCC(N2CCN(C(=O)c3c4ccccc4cc4ccccc34)CC2)CC1. The predicted molar refractivity (Wildman–Crippen MR) is 151 cm³/mol. The van der Waals surface area contributed by atoms with Crippen LogP contribution in [-0.4, -0.2) is 76.7 Å². The number of para-hydroxylation sites is 1. The zero-order valence-corrected chi connectivity index (χ0v) is 21.7. The summed E-state index contributed by atoms with van der Waals surface area (Å²) in [5.74, 6) is -0.203. The van der Waals surface area contributed by atoms with E-state index in [9.17, 15) is 19.7 Å². The molecular weight excluding hydrogens is 492 g/mol. The Morgan fingerprint density at radius 2 is 1.23 bits per heavy atom. The smallest absolute Gasteiger partial charge is 0.282 e. The van der Waals surface area contributed by atoms with Crippen LogP contribution in [0.25, 0.3) is 21.5 Å². The second-order valence-corrected chi connectivity index (χ2v) is 10.3. The van der Waals surface area contributed by atoms with Crippen LogP contribution >= 0.6 is 0 Å². The summed E-state index contributed by atoms with van der Waals surface area (Å²) >= 11 is 0. The molecule has 8 heteroatoms. The number of nitrogens with zero attached hydrogens (tertiary/aromatic N) is 4. The van der Waals surface area contributed by atoms with Gasteiger partial charge >= 0.3 is 0 Å². The minimum atomic E-state index is -0.498. The number of rotatable bonds is 4. The van der Waals surface area contributed by atoms with E-state index in [1.165, 1.54) is 12.1 Å². The zero-order valence-electron chi connectivity index (χ0n) is 21.7. The van der Waals surface area contributed by atoms with Gasteiger partial charge in [0.05, 0.1) is 10.5 Å². The number of carbonyl (C=O) groups excluding carboxylic acids is 2. The van der Waals surface area contributed by atoms with Gasteiger partial charge in [-0.25, -0.2) is 0 Å². The van der Waals surface area contributed by atoms with Crippen molar-refractivity contribution in [1.29, 1.82) is 0 Å². The van der Waals surface area contributed by atoms with Gasteiger partial charge in [-0.15, -0.1) is 0 Å². The summed E-state index contributed by atoms with van der Waals surface area (Å²) in [6.45, 7) is 4.03. The van der Waals surface area contributed by atoms with E-state index in [1.54, 1.807) is 17.0 Å². The fraction of sp³-hybridized carbons (Fsp3) is 0.290. The molecule has 2 aliphatic rings. The van der Waals surface area contributed by atoms with E-state index in [0.29, 0.717) is 32.2 Å². The molecule has 0 saturated carbocycles. The van der Waals surface area contributed by atoms with Crippen LogP contribution in [-0.2, 0) is 0 Å². The molecule has 198 valence electrons. The fourth-order valence-electron chi connectivity index (χ4n) is 6.11. The van der Waals surface area contributed by atoms with Crippen LogP contribution in [0.4, 0.5) is 5.69 Å². The van der Waals surface area contributed by atoms with Crippen molar-refractivity contribution in [3.63, 3.8) is 0 Å². The molecule has 2 amide bonds. The van der Waals surface area contributed by atoms with Gasteiger partial charge < -0.3 is 9.80 Å². The van der Waals surface area contributed by atoms with Gasteiger partial charge in [-0.1, -0.05) is 60.7 Å². The fourth-order valence-corrected chi connectivity index (χ4v) is 6.11. The lowest BCUT2D eigenvalue weighted by Crippen LogP contribution is -2.54. The van der Waals surface area contributed by atoms with Gasteiger partial charge in [-0.05, 0) is 46.5 Å². The van der Waals surface area contributed by atoms with Crippen molar-refractivity contribution < 1.29 is 14.5 Å². The summed E-state index contributed by atoms with van der Waals surface area (Å²) in [7, 11) is 0. The van der Waals surface area contributed by atoms with Crippen LogP contribution in [0.2, 0.25) is 0 Å². The number of hydrogen-bond donors (Lipinski definition) is 0. The third-order valence-electron chi connectivity index (χ3n) is 8.19. The van der Waals surface area contributed by atoms with Crippen molar-refractivity contribution in [1.82, 2.24) is 14.7 Å². The summed E-state index contributed by atoms with van der Waals surface area (Å²) < 4.78 is 0. The normalized spacial score (nSPS) is 17.0. The number of benzene rings is 4. The van der Waals surface area contributed by atoms with E-state index in [1.807, 2.05) is 41.3 Å². The van der Waals surface area contributed by atoms with E-state index < -0.39 is 4.92 Å². The maximum atomic E-state index is 13.9. The quantitative estimate of drug-likeness (QED) is 0.215. The number of fused-ring (bicyclic) bond motifs is 2. The largest absolute Gasteiger partial charge is 0.338 e. The molecule has 2 saturated heterocycles. The topological polar surface area (TPSA) is 87.0 Å². The van der Waals surface area contributed by atoms with Crippen LogP contribution in [0.15, 0.2) is 78.9 Å². The Hall–Kier alpha value is -4.30. The molecule has 2 aliphatic heterocycles. The van der Waals surface area contributed by atoms with E-state index in [4.69, 9.17) is 0 Å². The average molecular weight is 523 g/mol. The Morgan fingerprint density at radius 3 is 1.85 bits per heavy atom. The Balaban J connectivity index is 1.11. The molecule has 6 rings (SSSR count). The average Bonchev–Trinajstić information content (AvgIpc) is 2.99. The standard InChI is InChI=1S/C31H30N4O4/c36-30(27-11-5-6-12-28(27)35(38)39)33-15-13-24(14-16-33)32-17-19-34(20-18-32)31(37)29-25-9-3-1-7-22(25)21-23-8-2-4-10-26(23)29/h1-12,21,24H,13-20H2. The van der Waals surface area contributed by atoms with Gasteiger partial charge in [0.15, 0.2) is 0 Å². The van der Waals surface area contributed by atoms with Gasteiger partial charge in [-0.3, -0.25) is 24.6 Å². The number of piperazine rings is 1. The summed E-state index contributed by atoms with van der Waals surface area (Å²) in [4.78, 5) is 43.9. The molecule has 39 heavy (non-hydrogen) atoms. The van der Waals surface area contributed by atoms with Crippen molar-refractivity contribution >= 4 is 39.0 Å². The molecule has 0 N–H and O–H groups in total. The molecule has 0 bridgehead atoms. The number of nitro groups is 1. The van der Waals surface area contributed by atoms with Gasteiger partial charge in [0.2, 0.25) is 0 Å². The second kappa shape index (κ2) is 10.5. The first-order valence-corrected chi connectivity index (χ1v) is 13.5. The Morgan fingerprint density at radius 1 is 0.692 bits per heavy atom. The molecule has 0 radical (unpaired) electrons. The molecule has 2 heterocycles. The maximum absolute atomic E-state index is 13.9. The Bertz CT molecular complexity index is 1520. The van der Waals surface area contributed by atoms with Crippen molar-refractivity contribution in [2.45, 2.75) is 18.9 Å². The lowest BCUT2D eigenvalue weighted by atomic mass is 9.95. The number of likely N-dealkylation sites (tertiary alicyclic amines) is 1. The molecule has 0 atom stereocenters. The Kier molecular flexibility index (Phi) is 6.70. The third kappa shape index (κ3) is 4.72. The van der Waals surface area contributed by atoms with Gasteiger partial charge in [0, 0.05) is 51.4 Å². The lowest BCUT2D eigenvalue weighted by molar-refractivity contribution is -0.385. The van der Waals surface area contributed by atoms with Crippen molar-refractivity contribution in [2.24, 2.45) is 0 Å². The molecule has 0 aliphatic carbocycles. The number of carbonyl (C=O) groups is 2. The van der Waals surface area contributed by atoms with Crippen molar-refractivity contribution in [3.8, 4) is 0 Å². The first kappa shape index (κ1) is 25.0. The highest BCUT2D eigenvalue weighted by Gasteiger charge is 2.32. The van der Waals surface area contributed by atoms with Crippen LogP contribution in [0.3, 0.4) is 0 Å². The second-order valence-electron chi connectivity index (χ2n) is 10.3. The van der Waals surface area contributed by atoms with Crippen LogP contribution < -0.4 is 0 Å². The molecule has 0 spiro atoms. The number of hydrogen-bond acceptors (Lipinski definition) is 5. The van der Waals surface area contributed by atoms with E-state index in [2.05, 4.69) is 23.1 Å². The Labute approximate surface area is 226 Å². The summed E-state index contributed by atoms with van der Waals surface area (Å²) in [5, 5.41) is 15.5. The minimum absolute atomic E-state index is 0.0764. The summed E-state index contributed by atoms with van der Waals surface area (Å²) in [6, 6.07) is 24.8. The van der Waals surface area contributed by atoms with Crippen molar-refractivity contribution in [3.05, 3.63) is 100 Å². The lowest BCUT2D eigenvalue weighted by Gasteiger charge is -2.42.